The summed E-state index contributed by atoms with van der Waals surface area (Å²) in [7, 11) is 0. The SMILES string of the molecule is CC(=CCC(C)OP(O)(O)(Cl)Cl)C(=O)OCCO. The molecular formula is C9H17Cl2O6P. The molecule has 0 aromatic heterocycles. The number of aliphatic hydroxyl groups excluding tert-OH is 1. The van der Waals surface area contributed by atoms with Crippen LogP contribution in [0.25, 0.3) is 0 Å². The van der Waals surface area contributed by atoms with Gasteiger partial charge in [-0.1, -0.05) is 0 Å². The molecule has 0 aromatic carbocycles. The van der Waals surface area contributed by atoms with Gasteiger partial charge in [0.25, 0.3) is 0 Å². The van der Waals surface area contributed by atoms with Crippen LogP contribution in [0, 0.1) is 0 Å². The number of aliphatic hydroxyl groups is 1. The fraction of sp³-hybridized carbons (Fsp3) is 0.667. The van der Waals surface area contributed by atoms with Crippen molar-refractivity contribution in [3.63, 3.8) is 0 Å². The predicted octanol–water partition coefficient (Wildman–Crippen LogP) is 1.85. The molecule has 0 saturated heterocycles. The van der Waals surface area contributed by atoms with Gasteiger partial charge in [0.1, 0.15) is 0 Å². The molecule has 0 spiro atoms. The van der Waals surface area contributed by atoms with Crippen molar-refractivity contribution in [3.8, 4) is 0 Å². The molecule has 0 bridgehead atoms. The maximum absolute atomic E-state index is 11.3. The van der Waals surface area contributed by atoms with Crippen molar-refractivity contribution in [2.45, 2.75) is 26.4 Å². The molecule has 0 rings (SSSR count). The second-order valence-electron chi connectivity index (χ2n) is 3.66. The van der Waals surface area contributed by atoms with Crippen molar-refractivity contribution in [2.24, 2.45) is 0 Å². The van der Waals surface area contributed by atoms with Gasteiger partial charge >= 0.3 is 115 Å². The first-order valence-electron chi connectivity index (χ1n) is 5.10. The Morgan fingerprint density at radius 2 is 2.00 bits per heavy atom. The van der Waals surface area contributed by atoms with E-state index in [0.29, 0.717) is 5.57 Å². The Morgan fingerprint density at radius 1 is 1.44 bits per heavy atom. The van der Waals surface area contributed by atoms with Crippen LogP contribution in [0.4, 0.5) is 0 Å². The van der Waals surface area contributed by atoms with Gasteiger partial charge in [0.05, 0.1) is 0 Å². The van der Waals surface area contributed by atoms with Gasteiger partial charge in [0, 0.05) is 0 Å². The van der Waals surface area contributed by atoms with Crippen LogP contribution in [-0.4, -0.2) is 40.2 Å². The molecule has 0 saturated carbocycles. The number of carbonyl (C=O) groups excluding carboxylic acids is 1. The van der Waals surface area contributed by atoms with Crippen LogP contribution < -0.4 is 0 Å². The van der Waals surface area contributed by atoms with Crippen LogP contribution in [-0.2, 0) is 14.1 Å². The van der Waals surface area contributed by atoms with Gasteiger partial charge in [-0.05, 0) is 0 Å². The second-order valence-corrected chi connectivity index (χ2v) is 9.56. The van der Waals surface area contributed by atoms with Crippen LogP contribution in [0.1, 0.15) is 20.3 Å². The average Bonchev–Trinajstić information content (AvgIpc) is 2.18. The molecule has 0 aromatic rings. The number of carbonyl (C=O) groups is 1. The summed E-state index contributed by atoms with van der Waals surface area (Å²) in [6.07, 6.45) is 0.993. The normalized spacial score (nSPS) is 16.8. The third kappa shape index (κ3) is 10.0. The fourth-order valence-corrected chi connectivity index (χ4v) is 2.51. The van der Waals surface area contributed by atoms with Gasteiger partial charge in [-0.15, -0.1) is 0 Å². The van der Waals surface area contributed by atoms with E-state index in [1.807, 2.05) is 0 Å². The average molecular weight is 323 g/mol. The molecule has 0 aliphatic rings. The molecular weight excluding hydrogens is 306 g/mol. The Kier molecular flexibility index (Phi) is 7.03. The molecule has 0 aliphatic carbocycles. The Balaban J connectivity index is 4.25. The van der Waals surface area contributed by atoms with Gasteiger partial charge in [0.2, 0.25) is 0 Å². The number of hydrogen-bond donors (Lipinski definition) is 3. The van der Waals surface area contributed by atoms with E-state index in [-0.39, 0.29) is 19.6 Å². The van der Waals surface area contributed by atoms with E-state index < -0.39 is 18.1 Å². The number of rotatable bonds is 7. The number of ether oxygens (including phenoxy) is 1. The van der Waals surface area contributed by atoms with Crippen LogP contribution in [0.5, 0.6) is 0 Å². The van der Waals surface area contributed by atoms with E-state index in [2.05, 4.69) is 9.26 Å². The first-order chi connectivity index (χ1) is 8.01. The summed E-state index contributed by atoms with van der Waals surface area (Å²) in [6.45, 7) is 2.71. The van der Waals surface area contributed by atoms with Crippen LogP contribution in [0.3, 0.4) is 0 Å². The zero-order chi connectivity index (χ0) is 14.4. The first kappa shape index (κ1) is 18.1. The van der Waals surface area contributed by atoms with E-state index in [1.165, 1.54) is 19.9 Å². The summed E-state index contributed by atoms with van der Waals surface area (Å²) in [6, 6.07) is 0. The molecule has 1 unspecified atom stereocenters. The molecule has 1 atom stereocenters. The van der Waals surface area contributed by atoms with E-state index in [0.717, 1.165) is 0 Å². The predicted molar refractivity (Wildman–Crippen MR) is 70.0 cm³/mol. The van der Waals surface area contributed by atoms with Crippen LogP contribution in [0.2, 0.25) is 0 Å². The zero-order valence-corrected chi connectivity index (χ0v) is 12.5. The molecule has 9 heteroatoms. The van der Waals surface area contributed by atoms with Crippen molar-refractivity contribution in [1.29, 1.82) is 0 Å². The fourth-order valence-electron chi connectivity index (χ4n) is 1.02. The number of hydrogen-bond acceptors (Lipinski definition) is 6. The van der Waals surface area contributed by atoms with E-state index >= 15 is 0 Å². The Hall–Kier alpha value is 0.0600. The molecule has 18 heavy (non-hydrogen) atoms. The van der Waals surface area contributed by atoms with E-state index in [4.69, 9.17) is 37.4 Å². The van der Waals surface area contributed by atoms with Gasteiger partial charge in [0.15, 0.2) is 0 Å². The van der Waals surface area contributed by atoms with Crippen molar-refractivity contribution in [2.75, 3.05) is 13.2 Å². The quantitative estimate of drug-likeness (QED) is 0.376. The molecule has 0 fully saturated rings. The molecule has 0 radical (unpaired) electrons. The van der Waals surface area contributed by atoms with Crippen LogP contribution in [0.15, 0.2) is 11.6 Å². The summed E-state index contributed by atoms with van der Waals surface area (Å²) < 4.78 is 9.34. The minimum absolute atomic E-state index is 0.0800. The minimum atomic E-state index is -5.03. The number of esters is 1. The van der Waals surface area contributed by atoms with Crippen molar-refractivity contribution in [3.05, 3.63) is 11.6 Å². The molecule has 0 amide bonds. The Bertz CT molecular complexity index is 316. The van der Waals surface area contributed by atoms with Gasteiger partial charge < -0.3 is 0 Å². The third-order valence-corrected chi connectivity index (χ3v) is 2.94. The van der Waals surface area contributed by atoms with Gasteiger partial charge in [-0.25, -0.2) is 0 Å². The van der Waals surface area contributed by atoms with Gasteiger partial charge in [-0.2, -0.15) is 0 Å². The summed E-state index contributed by atoms with van der Waals surface area (Å²) in [4.78, 5) is 29.5. The summed E-state index contributed by atoms with van der Waals surface area (Å²) in [5.41, 5.74) is 0.305. The standard InChI is InChI=1S/C9H17Cl2O6P/c1-7(9(13)16-6-5-12)3-4-8(2)17-18(10,11,14)15/h3,8,12,14-15H,4-6H2,1-2H3. The monoisotopic (exact) mass is 322 g/mol. The zero-order valence-electron chi connectivity index (χ0n) is 10.0. The Labute approximate surface area is 115 Å². The topological polar surface area (TPSA) is 96.2 Å². The Morgan fingerprint density at radius 3 is 2.44 bits per heavy atom. The first-order valence-corrected chi connectivity index (χ1v) is 8.97. The molecule has 6 nitrogen and oxygen atoms in total. The second kappa shape index (κ2) is 7.01. The van der Waals surface area contributed by atoms with E-state index in [9.17, 15) is 4.79 Å². The number of halogens is 2. The molecule has 0 aliphatic heterocycles. The van der Waals surface area contributed by atoms with Crippen molar-refractivity contribution in [1.82, 2.24) is 0 Å². The maximum atomic E-state index is 11.3. The molecule has 3 N–H and O–H groups in total. The van der Waals surface area contributed by atoms with Gasteiger partial charge in [-0.3, -0.25) is 0 Å². The molecule has 108 valence electrons. The molecule has 0 heterocycles. The van der Waals surface area contributed by atoms with Crippen molar-refractivity contribution < 1.29 is 28.9 Å². The summed E-state index contributed by atoms with van der Waals surface area (Å²) in [5.74, 6) is -5.60. The van der Waals surface area contributed by atoms with Crippen LogP contribution >= 0.6 is 28.5 Å². The summed E-state index contributed by atoms with van der Waals surface area (Å²) >= 11 is 10.3. The van der Waals surface area contributed by atoms with Crippen molar-refractivity contribution >= 4 is 34.4 Å². The third-order valence-electron chi connectivity index (χ3n) is 1.76. The van der Waals surface area contributed by atoms with E-state index in [1.54, 1.807) is 0 Å². The summed E-state index contributed by atoms with van der Waals surface area (Å²) in [5, 5.41) is 8.47.